The molecule has 110 valence electrons. The molecule has 1 rings (SSSR count). The third kappa shape index (κ3) is 9.21. The molecule has 0 saturated carbocycles. The molecule has 1 aromatic heterocycles. The van der Waals surface area contributed by atoms with Gasteiger partial charge in [0, 0.05) is 30.6 Å². The van der Waals surface area contributed by atoms with Crippen molar-refractivity contribution < 1.29 is 0 Å². The summed E-state index contributed by atoms with van der Waals surface area (Å²) in [5.41, 5.74) is 6.87. The third-order valence-corrected chi connectivity index (χ3v) is 3.55. The van der Waals surface area contributed by atoms with Gasteiger partial charge in [-0.1, -0.05) is 13.8 Å². The van der Waals surface area contributed by atoms with Crippen molar-refractivity contribution in [1.82, 2.24) is 10.3 Å². The molecule has 19 heavy (non-hydrogen) atoms. The summed E-state index contributed by atoms with van der Waals surface area (Å²) in [5.74, 6) is 1.25. The Kier molecular flexibility index (Phi) is 10.2. The summed E-state index contributed by atoms with van der Waals surface area (Å²) in [5, 5.41) is 6.40. The molecular weight excluding hydrogens is 371 g/mol. The number of aryl methyl sites for hydroxylation is 2. The first-order valence-electron chi connectivity index (χ1n) is 6.52. The van der Waals surface area contributed by atoms with Crippen LogP contribution in [0.15, 0.2) is 10.4 Å². The summed E-state index contributed by atoms with van der Waals surface area (Å²) in [6.07, 6.45) is 3.11. The Labute approximate surface area is 137 Å². The fourth-order valence-corrected chi connectivity index (χ4v) is 2.31. The SMILES string of the molecule is Cc1csc(CCCN=C(N)NCCC(C)C)n1.I. The van der Waals surface area contributed by atoms with Gasteiger partial charge in [-0.25, -0.2) is 4.98 Å². The quantitative estimate of drug-likeness (QED) is 0.322. The average Bonchev–Trinajstić information content (AvgIpc) is 2.70. The van der Waals surface area contributed by atoms with Crippen molar-refractivity contribution in [2.24, 2.45) is 16.6 Å². The van der Waals surface area contributed by atoms with E-state index in [9.17, 15) is 0 Å². The fourth-order valence-electron chi connectivity index (χ4n) is 1.49. The Bertz CT molecular complexity index is 376. The topological polar surface area (TPSA) is 63.3 Å². The predicted molar refractivity (Wildman–Crippen MR) is 94.5 cm³/mol. The zero-order chi connectivity index (χ0) is 13.4. The van der Waals surface area contributed by atoms with Gasteiger partial charge in [0.1, 0.15) is 0 Å². The normalized spacial score (nSPS) is 11.5. The molecule has 0 aliphatic heterocycles. The van der Waals surface area contributed by atoms with Crippen molar-refractivity contribution in [3.63, 3.8) is 0 Å². The second-order valence-electron chi connectivity index (χ2n) is 4.86. The van der Waals surface area contributed by atoms with Crippen molar-refractivity contribution in [2.75, 3.05) is 13.1 Å². The standard InChI is InChI=1S/C13H24N4S.HI/c1-10(2)6-8-16-13(14)15-7-4-5-12-17-11(3)9-18-12;/h9-10H,4-8H2,1-3H3,(H3,14,15,16);1H. The summed E-state index contributed by atoms with van der Waals surface area (Å²) < 4.78 is 0. The molecular formula is C13H25IN4S. The number of thiazole rings is 1. The van der Waals surface area contributed by atoms with Crippen LogP contribution in [0.2, 0.25) is 0 Å². The molecule has 0 fully saturated rings. The fraction of sp³-hybridized carbons (Fsp3) is 0.692. The number of nitrogens with one attached hydrogen (secondary N) is 1. The van der Waals surface area contributed by atoms with E-state index in [2.05, 4.69) is 34.5 Å². The minimum Gasteiger partial charge on any atom is -0.370 e. The number of aromatic nitrogens is 1. The van der Waals surface area contributed by atoms with E-state index in [-0.39, 0.29) is 24.0 Å². The average molecular weight is 396 g/mol. The molecule has 0 bridgehead atoms. The Balaban J connectivity index is 0.00000324. The maximum absolute atomic E-state index is 5.77. The van der Waals surface area contributed by atoms with E-state index in [1.165, 1.54) is 5.01 Å². The van der Waals surface area contributed by atoms with Crippen LogP contribution in [0.5, 0.6) is 0 Å². The van der Waals surface area contributed by atoms with Crippen LogP contribution < -0.4 is 11.1 Å². The Morgan fingerprint density at radius 2 is 2.26 bits per heavy atom. The first-order chi connectivity index (χ1) is 8.58. The lowest BCUT2D eigenvalue weighted by Crippen LogP contribution is -2.33. The molecule has 6 heteroatoms. The predicted octanol–water partition coefficient (Wildman–Crippen LogP) is 2.95. The Morgan fingerprint density at radius 3 is 2.84 bits per heavy atom. The number of aliphatic imine (C=N–C) groups is 1. The Hall–Kier alpha value is -0.370. The molecule has 0 spiro atoms. The van der Waals surface area contributed by atoms with Crippen LogP contribution in [-0.4, -0.2) is 24.0 Å². The van der Waals surface area contributed by atoms with Crippen LogP contribution in [0, 0.1) is 12.8 Å². The molecule has 3 N–H and O–H groups in total. The summed E-state index contributed by atoms with van der Waals surface area (Å²) >= 11 is 1.72. The molecule has 0 atom stereocenters. The van der Waals surface area contributed by atoms with Gasteiger partial charge in [-0.05, 0) is 25.7 Å². The molecule has 0 aliphatic rings. The van der Waals surface area contributed by atoms with E-state index in [1.54, 1.807) is 11.3 Å². The smallest absolute Gasteiger partial charge is 0.188 e. The highest BCUT2D eigenvalue weighted by Gasteiger charge is 1.98. The second kappa shape index (κ2) is 10.4. The van der Waals surface area contributed by atoms with Gasteiger partial charge in [-0.3, -0.25) is 4.99 Å². The highest BCUT2D eigenvalue weighted by molar-refractivity contribution is 14.0. The summed E-state index contributed by atoms with van der Waals surface area (Å²) in [6, 6.07) is 0. The summed E-state index contributed by atoms with van der Waals surface area (Å²) in [6.45, 7) is 8.09. The number of halogens is 1. The van der Waals surface area contributed by atoms with E-state index >= 15 is 0 Å². The van der Waals surface area contributed by atoms with Crippen LogP contribution in [0.1, 0.15) is 37.4 Å². The highest BCUT2D eigenvalue weighted by Crippen LogP contribution is 2.10. The second-order valence-corrected chi connectivity index (χ2v) is 5.81. The van der Waals surface area contributed by atoms with Gasteiger partial charge in [-0.2, -0.15) is 0 Å². The van der Waals surface area contributed by atoms with E-state index in [1.807, 2.05) is 6.92 Å². The first-order valence-corrected chi connectivity index (χ1v) is 7.40. The lowest BCUT2D eigenvalue weighted by Gasteiger charge is -2.07. The minimum atomic E-state index is 0. The van der Waals surface area contributed by atoms with Crippen molar-refractivity contribution in [1.29, 1.82) is 0 Å². The molecule has 0 unspecified atom stereocenters. The number of nitrogens with zero attached hydrogens (tertiary/aromatic N) is 2. The first kappa shape index (κ1) is 18.6. The number of guanidine groups is 1. The van der Waals surface area contributed by atoms with E-state index in [0.29, 0.717) is 11.9 Å². The van der Waals surface area contributed by atoms with Crippen molar-refractivity contribution >= 4 is 41.3 Å². The van der Waals surface area contributed by atoms with Crippen LogP contribution in [0.25, 0.3) is 0 Å². The number of hydrogen-bond donors (Lipinski definition) is 2. The molecule has 1 aromatic rings. The Morgan fingerprint density at radius 1 is 1.53 bits per heavy atom. The molecule has 4 nitrogen and oxygen atoms in total. The van der Waals surface area contributed by atoms with Gasteiger partial charge in [0.15, 0.2) is 5.96 Å². The van der Waals surface area contributed by atoms with Gasteiger partial charge in [0.2, 0.25) is 0 Å². The third-order valence-electron chi connectivity index (χ3n) is 2.53. The highest BCUT2D eigenvalue weighted by atomic mass is 127. The van der Waals surface area contributed by atoms with Crippen LogP contribution in [-0.2, 0) is 6.42 Å². The maximum Gasteiger partial charge on any atom is 0.188 e. The van der Waals surface area contributed by atoms with Crippen molar-refractivity contribution in [3.8, 4) is 0 Å². The molecule has 1 heterocycles. The summed E-state index contributed by atoms with van der Waals surface area (Å²) in [7, 11) is 0. The van der Waals surface area contributed by atoms with Gasteiger partial charge < -0.3 is 11.1 Å². The lowest BCUT2D eigenvalue weighted by atomic mass is 10.1. The van der Waals surface area contributed by atoms with Crippen LogP contribution in [0.4, 0.5) is 0 Å². The van der Waals surface area contributed by atoms with Gasteiger partial charge >= 0.3 is 0 Å². The van der Waals surface area contributed by atoms with Crippen molar-refractivity contribution in [3.05, 3.63) is 16.1 Å². The van der Waals surface area contributed by atoms with E-state index < -0.39 is 0 Å². The zero-order valence-electron chi connectivity index (χ0n) is 12.0. The van der Waals surface area contributed by atoms with Gasteiger partial charge in [-0.15, -0.1) is 35.3 Å². The molecule has 0 amide bonds. The zero-order valence-corrected chi connectivity index (χ0v) is 15.1. The molecule has 0 aliphatic carbocycles. The molecule has 0 saturated heterocycles. The van der Waals surface area contributed by atoms with Crippen molar-refractivity contribution in [2.45, 2.75) is 40.0 Å². The lowest BCUT2D eigenvalue weighted by molar-refractivity contribution is 0.576. The van der Waals surface area contributed by atoms with Crippen LogP contribution >= 0.6 is 35.3 Å². The van der Waals surface area contributed by atoms with E-state index in [4.69, 9.17) is 5.73 Å². The van der Waals surface area contributed by atoms with Gasteiger partial charge in [0.25, 0.3) is 0 Å². The number of hydrogen-bond acceptors (Lipinski definition) is 3. The monoisotopic (exact) mass is 396 g/mol. The maximum atomic E-state index is 5.77. The molecule has 0 aromatic carbocycles. The van der Waals surface area contributed by atoms with Gasteiger partial charge in [0.05, 0.1) is 5.01 Å². The largest absolute Gasteiger partial charge is 0.370 e. The number of nitrogens with two attached hydrogens (primary N) is 1. The minimum absolute atomic E-state index is 0. The van der Waals surface area contributed by atoms with Crippen LogP contribution in [0.3, 0.4) is 0 Å². The summed E-state index contributed by atoms with van der Waals surface area (Å²) in [4.78, 5) is 8.72. The molecule has 0 radical (unpaired) electrons. The van der Waals surface area contributed by atoms with E-state index in [0.717, 1.165) is 38.0 Å². The number of rotatable bonds is 7.